The first-order chi connectivity index (χ1) is 14.0. The zero-order chi connectivity index (χ0) is 20.0. The van der Waals surface area contributed by atoms with Crippen LogP contribution in [0.25, 0.3) is 11.6 Å². The second-order valence-corrected chi connectivity index (χ2v) is 9.03. The van der Waals surface area contributed by atoms with E-state index in [2.05, 4.69) is 26.6 Å². The molecule has 0 aromatic carbocycles. The number of likely N-dealkylation sites (tertiary alicyclic amines) is 1. The van der Waals surface area contributed by atoms with E-state index in [4.69, 9.17) is 0 Å². The molecule has 29 heavy (non-hydrogen) atoms. The molecular weight excluding hydrogens is 386 g/mol. The van der Waals surface area contributed by atoms with Gasteiger partial charge in [-0.25, -0.2) is 4.98 Å². The van der Waals surface area contributed by atoms with E-state index in [1.54, 1.807) is 23.6 Å². The summed E-state index contributed by atoms with van der Waals surface area (Å²) >= 11 is 1.64. The number of pyridine rings is 1. The molecule has 7 nitrogen and oxygen atoms in total. The number of anilines is 1. The van der Waals surface area contributed by atoms with Crippen molar-refractivity contribution in [1.82, 2.24) is 20.1 Å². The third-order valence-corrected chi connectivity index (χ3v) is 6.70. The largest absolute Gasteiger partial charge is 0.338 e. The molecule has 1 aliphatic carbocycles. The van der Waals surface area contributed by atoms with Crippen molar-refractivity contribution in [2.45, 2.75) is 26.2 Å². The number of allylic oxidation sites excluding steroid dienone is 1. The lowest BCUT2D eigenvalue weighted by Crippen LogP contribution is -2.27. The third-order valence-electron chi connectivity index (χ3n) is 5.79. The Balaban J connectivity index is 1.23. The van der Waals surface area contributed by atoms with Gasteiger partial charge in [-0.1, -0.05) is 17.4 Å². The minimum Gasteiger partial charge on any atom is -0.338 e. The van der Waals surface area contributed by atoms with Crippen molar-refractivity contribution >= 4 is 40.6 Å². The minimum atomic E-state index is 0.00140. The number of nitrogens with zero attached hydrogens (tertiary/aromatic N) is 4. The van der Waals surface area contributed by atoms with Gasteiger partial charge in [0.15, 0.2) is 0 Å². The highest BCUT2D eigenvalue weighted by atomic mass is 32.1. The van der Waals surface area contributed by atoms with Crippen LogP contribution in [0.2, 0.25) is 0 Å². The van der Waals surface area contributed by atoms with Gasteiger partial charge in [-0.2, -0.15) is 0 Å². The summed E-state index contributed by atoms with van der Waals surface area (Å²) in [6, 6.07) is 1.99. The number of amides is 2. The van der Waals surface area contributed by atoms with E-state index in [1.807, 2.05) is 24.0 Å². The Bertz CT molecular complexity index is 1060. The average molecular weight is 407 g/mol. The van der Waals surface area contributed by atoms with Crippen molar-refractivity contribution in [3.8, 4) is 0 Å². The van der Waals surface area contributed by atoms with E-state index in [0.29, 0.717) is 30.5 Å². The van der Waals surface area contributed by atoms with Crippen molar-refractivity contribution in [1.29, 1.82) is 0 Å². The van der Waals surface area contributed by atoms with Crippen LogP contribution in [0.5, 0.6) is 0 Å². The van der Waals surface area contributed by atoms with E-state index in [1.165, 1.54) is 5.57 Å². The zero-order valence-corrected chi connectivity index (χ0v) is 16.9. The highest BCUT2D eigenvalue weighted by Crippen LogP contribution is 2.41. The lowest BCUT2D eigenvalue weighted by atomic mass is 10.00. The molecule has 0 bridgehead atoms. The van der Waals surface area contributed by atoms with Crippen LogP contribution in [0, 0.1) is 18.8 Å². The lowest BCUT2D eigenvalue weighted by Gasteiger charge is -2.16. The standard InChI is InChI=1S/C21H21N5O2S/c1-12-24-25-21(29-12)15-7-16-10-26(11-17(16)8-15)19(28)5-2-13-6-14-3-4-18(27)23-20(14)22-9-13/h2,5-7,9,16-17H,3-4,8,10-11H2,1H3,(H,22,23,27). The van der Waals surface area contributed by atoms with Crippen LogP contribution in [0.1, 0.15) is 34.0 Å². The molecule has 0 spiro atoms. The molecule has 148 valence electrons. The van der Waals surface area contributed by atoms with Crippen LogP contribution in [0.15, 0.2) is 24.4 Å². The van der Waals surface area contributed by atoms with E-state index < -0.39 is 0 Å². The van der Waals surface area contributed by atoms with Crippen molar-refractivity contribution in [2.24, 2.45) is 11.8 Å². The van der Waals surface area contributed by atoms with Crippen LogP contribution in [-0.4, -0.2) is 45.0 Å². The van der Waals surface area contributed by atoms with E-state index in [-0.39, 0.29) is 11.8 Å². The van der Waals surface area contributed by atoms with E-state index in [9.17, 15) is 9.59 Å². The first-order valence-corrected chi connectivity index (χ1v) is 10.6. The SMILES string of the molecule is Cc1nnc(C2=CC3CN(C(=O)C=Cc4cnc5c(c4)CCC(=O)N5)CC3C2)s1. The summed E-state index contributed by atoms with van der Waals surface area (Å²) in [5, 5.41) is 13.1. The Labute approximate surface area is 172 Å². The van der Waals surface area contributed by atoms with Gasteiger partial charge in [-0.05, 0) is 60.4 Å². The average Bonchev–Trinajstić information content (AvgIpc) is 3.40. The second kappa shape index (κ2) is 7.18. The Kier molecular flexibility index (Phi) is 4.50. The van der Waals surface area contributed by atoms with Gasteiger partial charge in [0.05, 0.1) is 0 Å². The van der Waals surface area contributed by atoms with Crippen LogP contribution < -0.4 is 5.32 Å². The maximum Gasteiger partial charge on any atom is 0.246 e. The summed E-state index contributed by atoms with van der Waals surface area (Å²) in [6.45, 7) is 3.50. The molecular formula is C21H21N5O2S. The highest BCUT2D eigenvalue weighted by Gasteiger charge is 2.38. The quantitative estimate of drug-likeness (QED) is 0.791. The number of rotatable bonds is 3. The normalized spacial score (nSPS) is 23.1. The summed E-state index contributed by atoms with van der Waals surface area (Å²) in [6.07, 6.45) is 9.53. The summed E-state index contributed by atoms with van der Waals surface area (Å²) in [5.74, 6) is 1.54. The first-order valence-electron chi connectivity index (χ1n) is 9.82. The molecule has 0 radical (unpaired) electrons. The van der Waals surface area contributed by atoms with Gasteiger partial charge < -0.3 is 10.2 Å². The highest BCUT2D eigenvalue weighted by molar-refractivity contribution is 7.12. The number of aromatic nitrogens is 3. The first kappa shape index (κ1) is 18.2. The molecule has 2 unspecified atom stereocenters. The molecule has 2 aliphatic heterocycles. The van der Waals surface area contributed by atoms with Crippen molar-refractivity contribution in [3.63, 3.8) is 0 Å². The van der Waals surface area contributed by atoms with Gasteiger partial charge >= 0.3 is 0 Å². The third kappa shape index (κ3) is 3.60. The van der Waals surface area contributed by atoms with Crippen LogP contribution in [0.4, 0.5) is 5.82 Å². The van der Waals surface area contributed by atoms with Gasteiger partial charge in [-0.3, -0.25) is 9.59 Å². The van der Waals surface area contributed by atoms with E-state index in [0.717, 1.165) is 40.7 Å². The smallest absolute Gasteiger partial charge is 0.246 e. The molecule has 2 atom stereocenters. The molecule has 2 aromatic rings. The van der Waals surface area contributed by atoms with Gasteiger partial charge in [0.1, 0.15) is 15.8 Å². The fourth-order valence-electron chi connectivity index (χ4n) is 4.31. The van der Waals surface area contributed by atoms with Gasteiger partial charge in [0.25, 0.3) is 0 Å². The van der Waals surface area contributed by atoms with E-state index >= 15 is 0 Å². The fourth-order valence-corrected chi connectivity index (χ4v) is 5.04. The fraction of sp³-hybridized carbons (Fsp3) is 0.381. The molecule has 1 saturated heterocycles. The molecule has 3 aliphatic rings. The summed E-state index contributed by atoms with van der Waals surface area (Å²) in [4.78, 5) is 30.3. The monoisotopic (exact) mass is 407 g/mol. The summed E-state index contributed by atoms with van der Waals surface area (Å²) in [7, 11) is 0. The van der Waals surface area contributed by atoms with Gasteiger partial charge in [-0.15, -0.1) is 10.2 Å². The molecule has 8 heteroatoms. The summed E-state index contributed by atoms with van der Waals surface area (Å²) in [5.41, 5.74) is 3.17. The maximum absolute atomic E-state index is 12.7. The number of carbonyl (C=O) groups is 2. The number of hydrogen-bond donors (Lipinski definition) is 1. The molecule has 2 aromatic heterocycles. The molecule has 2 amide bonds. The molecule has 0 saturated carbocycles. The number of aryl methyl sites for hydroxylation is 2. The predicted octanol–water partition coefficient (Wildman–Crippen LogP) is 2.70. The molecule has 1 N–H and O–H groups in total. The van der Waals surface area contributed by atoms with Crippen LogP contribution in [0.3, 0.4) is 0 Å². The maximum atomic E-state index is 12.7. The minimum absolute atomic E-state index is 0.00140. The van der Waals surface area contributed by atoms with Crippen molar-refractivity contribution < 1.29 is 9.59 Å². The lowest BCUT2D eigenvalue weighted by molar-refractivity contribution is -0.125. The topological polar surface area (TPSA) is 88.1 Å². The Hall–Kier alpha value is -2.87. The molecule has 1 fully saturated rings. The number of carbonyl (C=O) groups excluding carboxylic acids is 2. The number of nitrogens with one attached hydrogen (secondary N) is 1. The van der Waals surface area contributed by atoms with Gasteiger partial charge in [0.2, 0.25) is 11.8 Å². The van der Waals surface area contributed by atoms with Crippen molar-refractivity contribution in [3.05, 3.63) is 45.6 Å². The number of hydrogen-bond acceptors (Lipinski definition) is 6. The second-order valence-electron chi connectivity index (χ2n) is 7.85. The Morgan fingerprint density at radius 2 is 2.21 bits per heavy atom. The van der Waals surface area contributed by atoms with Crippen LogP contribution in [-0.2, 0) is 16.0 Å². The van der Waals surface area contributed by atoms with Crippen molar-refractivity contribution in [2.75, 3.05) is 18.4 Å². The molecule has 4 heterocycles. The zero-order valence-electron chi connectivity index (χ0n) is 16.1. The summed E-state index contributed by atoms with van der Waals surface area (Å²) < 4.78 is 0. The number of fused-ring (bicyclic) bond motifs is 2. The Morgan fingerprint density at radius 3 is 3.00 bits per heavy atom. The molecule has 5 rings (SSSR count). The van der Waals surface area contributed by atoms with Gasteiger partial charge in [0, 0.05) is 31.8 Å². The van der Waals surface area contributed by atoms with Crippen LogP contribution >= 0.6 is 11.3 Å². The Morgan fingerprint density at radius 1 is 1.31 bits per heavy atom. The predicted molar refractivity (Wildman–Crippen MR) is 111 cm³/mol.